The van der Waals surface area contributed by atoms with E-state index >= 15 is 0 Å². The molecule has 2 aromatic carbocycles. The topological polar surface area (TPSA) is 86.8 Å². The van der Waals surface area contributed by atoms with Crippen LogP contribution < -0.4 is 5.32 Å². The summed E-state index contributed by atoms with van der Waals surface area (Å²) in [5, 5.41) is 2.35. The Bertz CT molecular complexity index is 1470. The summed E-state index contributed by atoms with van der Waals surface area (Å²) in [5.74, 6) is -0.557. The fraction of sp³-hybridized carbons (Fsp3) is 0.471. The van der Waals surface area contributed by atoms with Crippen molar-refractivity contribution < 1.29 is 23.6 Å². The van der Waals surface area contributed by atoms with Crippen molar-refractivity contribution in [3.63, 3.8) is 0 Å². The first kappa shape index (κ1) is 28.3. The number of rotatable bonds is 5. The van der Waals surface area contributed by atoms with E-state index in [1.54, 1.807) is 17.0 Å². The molecule has 4 aliphatic rings. The Hall–Kier alpha value is -3.81. The van der Waals surface area contributed by atoms with Crippen LogP contribution in [0.3, 0.4) is 0 Å². The number of amides is 4. The molecule has 0 bridgehead atoms. The van der Waals surface area contributed by atoms with Gasteiger partial charge in [-0.3, -0.25) is 24.5 Å². The summed E-state index contributed by atoms with van der Waals surface area (Å²) in [6, 6.07) is 11.9. The van der Waals surface area contributed by atoms with Gasteiger partial charge in [0.05, 0.1) is 0 Å². The van der Waals surface area contributed by atoms with Crippen molar-refractivity contribution in [3.05, 3.63) is 76.1 Å². The van der Waals surface area contributed by atoms with Crippen molar-refractivity contribution in [2.45, 2.75) is 77.8 Å². The molecule has 3 aliphatic heterocycles. The van der Waals surface area contributed by atoms with Gasteiger partial charge in [-0.25, -0.2) is 4.39 Å². The van der Waals surface area contributed by atoms with Crippen LogP contribution in [0, 0.1) is 17.2 Å². The van der Waals surface area contributed by atoms with Crippen LogP contribution >= 0.6 is 0 Å². The fourth-order valence-electron chi connectivity index (χ4n) is 7.07. The second kappa shape index (κ2) is 11.1. The van der Waals surface area contributed by atoms with E-state index in [1.807, 2.05) is 17.0 Å². The second-order valence-electron chi connectivity index (χ2n) is 13.1. The van der Waals surface area contributed by atoms with Gasteiger partial charge in [0.2, 0.25) is 17.7 Å². The lowest BCUT2D eigenvalue weighted by atomic mass is 9.72. The van der Waals surface area contributed by atoms with E-state index in [-0.39, 0.29) is 35.4 Å². The summed E-state index contributed by atoms with van der Waals surface area (Å²) in [7, 11) is 0. The van der Waals surface area contributed by atoms with Gasteiger partial charge in [-0.2, -0.15) is 0 Å². The highest BCUT2D eigenvalue weighted by atomic mass is 19.1. The maximum atomic E-state index is 13.8. The lowest BCUT2D eigenvalue weighted by Crippen LogP contribution is -2.52. The highest BCUT2D eigenvalue weighted by Crippen LogP contribution is 2.44. The molecule has 0 spiro atoms. The standard InChI is InChI=1S/C34H38FN3O4/c1-34(2)14-11-27(28(19-34)23-4-6-25(35)7-5-23)32(41)37-15-12-21(13-16-37)17-22-3-8-26-24(18-22)20-38(33(26)42)29-9-10-30(39)36-31(29)40/h3-8,18,21,29H,9-17,19-20H2,1-2H3,(H,36,39,40). The van der Waals surface area contributed by atoms with Crippen molar-refractivity contribution in [1.82, 2.24) is 15.1 Å². The summed E-state index contributed by atoms with van der Waals surface area (Å²) in [5.41, 5.74) is 5.68. The van der Waals surface area contributed by atoms with Crippen molar-refractivity contribution >= 4 is 29.2 Å². The van der Waals surface area contributed by atoms with E-state index in [2.05, 4.69) is 25.2 Å². The van der Waals surface area contributed by atoms with Crippen LogP contribution in [0.5, 0.6) is 0 Å². The second-order valence-corrected chi connectivity index (χ2v) is 13.1. The van der Waals surface area contributed by atoms with Crippen molar-refractivity contribution in [2.24, 2.45) is 11.3 Å². The molecule has 2 saturated heterocycles. The zero-order chi connectivity index (χ0) is 29.6. The molecule has 2 fully saturated rings. The first-order chi connectivity index (χ1) is 20.1. The highest BCUT2D eigenvalue weighted by Gasteiger charge is 2.39. The molecule has 1 atom stereocenters. The number of carbonyl (C=O) groups is 4. The summed E-state index contributed by atoms with van der Waals surface area (Å²) in [4.78, 5) is 54.2. The highest BCUT2D eigenvalue weighted by molar-refractivity contribution is 6.05. The maximum absolute atomic E-state index is 13.8. The van der Waals surface area contributed by atoms with Gasteiger partial charge in [-0.15, -0.1) is 0 Å². The minimum Gasteiger partial charge on any atom is -0.339 e. The molecule has 4 amide bonds. The van der Waals surface area contributed by atoms with E-state index in [0.717, 1.165) is 66.4 Å². The van der Waals surface area contributed by atoms with Gasteiger partial charge in [0.1, 0.15) is 11.9 Å². The number of allylic oxidation sites excluding steroid dienone is 1. The molecule has 1 aliphatic carbocycles. The van der Waals surface area contributed by atoms with Crippen LogP contribution in [0.25, 0.3) is 5.57 Å². The van der Waals surface area contributed by atoms with Crippen LogP contribution in [0.1, 0.15) is 85.8 Å². The Morgan fingerprint density at radius 1 is 1.00 bits per heavy atom. The molecule has 1 N–H and O–H groups in total. The number of carbonyl (C=O) groups excluding carboxylic acids is 4. The molecule has 2 aromatic rings. The largest absolute Gasteiger partial charge is 0.339 e. The number of benzene rings is 2. The number of halogens is 1. The van der Waals surface area contributed by atoms with E-state index in [1.165, 1.54) is 12.1 Å². The smallest absolute Gasteiger partial charge is 0.255 e. The van der Waals surface area contributed by atoms with E-state index in [4.69, 9.17) is 0 Å². The number of hydrogen-bond donors (Lipinski definition) is 1. The summed E-state index contributed by atoms with van der Waals surface area (Å²) < 4.78 is 13.6. The van der Waals surface area contributed by atoms with Crippen LogP contribution in [0.2, 0.25) is 0 Å². The Labute approximate surface area is 246 Å². The van der Waals surface area contributed by atoms with Gasteiger partial charge in [0.15, 0.2) is 0 Å². The molecule has 7 nitrogen and oxygen atoms in total. The lowest BCUT2D eigenvalue weighted by molar-refractivity contribution is -0.137. The monoisotopic (exact) mass is 571 g/mol. The predicted molar refractivity (Wildman–Crippen MR) is 156 cm³/mol. The number of nitrogens with zero attached hydrogens (tertiary/aromatic N) is 2. The van der Waals surface area contributed by atoms with Crippen molar-refractivity contribution in [1.29, 1.82) is 0 Å². The number of piperidine rings is 2. The van der Waals surface area contributed by atoms with Crippen LogP contribution in [-0.4, -0.2) is 52.6 Å². The third-order valence-electron chi connectivity index (χ3n) is 9.54. The number of likely N-dealkylation sites (tertiary alicyclic amines) is 1. The average Bonchev–Trinajstić information content (AvgIpc) is 3.28. The molecular weight excluding hydrogens is 533 g/mol. The molecule has 8 heteroatoms. The molecule has 0 aromatic heterocycles. The van der Waals surface area contributed by atoms with Crippen LogP contribution in [-0.2, 0) is 27.3 Å². The van der Waals surface area contributed by atoms with Gasteiger partial charge in [0, 0.05) is 37.2 Å². The van der Waals surface area contributed by atoms with Crippen LogP contribution in [0.15, 0.2) is 48.0 Å². The lowest BCUT2D eigenvalue weighted by Gasteiger charge is -2.37. The minimum atomic E-state index is -0.609. The van der Waals surface area contributed by atoms with Gasteiger partial charge < -0.3 is 9.80 Å². The van der Waals surface area contributed by atoms with E-state index in [9.17, 15) is 23.6 Å². The number of nitrogens with one attached hydrogen (secondary N) is 1. The molecule has 1 unspecified atom stereocenters. The van der Waals surface area contributed by atoms with Gasteiger partial charge in [-0.05, 0) is 96.7 Å². The third kappa shape index (κ3) is 5.63. The molecule has 0 radical (unpaired) electrons. The molecule has 0 saturated carbocycles. The van der Waals surface area contributed by atoms with Gasteiger partial charge >= 0.3 is 0 Å². The first-order valence-corrected chi connectivity index (χ1v) is 15.1. The summed E-state index contributed by atoms with van der Waals surface area (Å²) >= 11 is 0. The zero-order valence-electron chi connectivity index (χ0n) is 24.4. The first-order valence-electron chi connectivity index (χ1n) is 15.1. The zero-order valence-corrected chi connectivity index (χ0v) is 24.4. The Morgan fingerprint density at radius 3 is 2.45 bits per heavy atom. The SMILES string of the molecule is CC1(C)CCC(C(=O)N2CCC(Cc3ccc4c(c3)CN(C3CCC(=O)NC3=O)C4=O)CC2)=C(c2ccc(F)cc2)C1. The van der Waals surface area contributed by atoms with E-state index < -0.39 is 11.9 Å². The molecule has 3 heterocycles. The summed E-state index contributed by atoms with van der Waals surface area (Å²) in [6.07, 6.45) is 5.79. The molecule has 6 rings (SSSR count). The molecule has 220 valence electrons. The Morgan fingerprint density at radius 2 is 1.74 bits per heavy atom. The number of hydrogen-bond acceptors (Lipinski definition) is 4. The normalized spacial score (nSPS) is 22.8. The maximum Gasteiger partial charge on any atom is 0.255 e. The third-order valence-corrected chi connectivity index (χ3v) is 9.54. The number of imide groups is 1. The average molecular weight is 572 g/mol. The quantitative estimate of drug-likeness (QED) is 0.510. The van der Waals surface area contributed by atoms with Gasteiger partial charge in [-0.1, -0.05) is 38.1 Å². The van der Waals surface area contributed by atoms with Crippen molar-refractivity contribution in [3.8, 4) is 0 Å². The minimum absolute atomic E-state index is 0.0971. The van der Waals surface area contributed by atoms with Crippen molar-refractivity contribution in [2.75, 3.05) is 13.1 Å². The predicted octanol–water partition coefficient (Wildman–Crippen LogP) is 5.03. The molecule has 42 heavy (non-hydrogen) atoms. The summed E-state index contributed by atoms with van der Waals surface area (Å²) in [6.45, 7) is 6.25. The Kier molecular flexibility index (Phi) is 7.50. The molecular formula is C34H38FN3O4. The van der Waals surface area contributed by atoms with E-state index in [0.29, 0.717) is 37.5 Å². The fourth-order valence-corrected chi connectivity index (χ4v) is 7.07. The van der Waals surface area contributed by atoms with Crippen LogP contribution in [0.4, 0.5) is 4.39 Å². The van der Waals surface area contributed by atoms with Gasteiger partial charge in [0.25, 0.3) is 5.91 Å². The Balaban J connectivity index is 1.09. The number of fused-ring (bicyclic) bond motifs is 1.